The number of unbranched alkanes of at least 4 members (excludes halogenated alkanes) is 22. The monoisotopic (exact) mass is 438 g/mol. The molecule has 31 heavy (non-hydrogen) atoms. The number of nitrogens with two attached hydrogens (primary N) is 1. The maximum absolute atomic E-state index is 5.57. The van der Waals surface area contributed by atoms with Crippen molar-refractivity contribution in [1.29, 1.82) is 0 Å². The Morgan fingerprint density at radius 2 is 0.645 bits per heavy atom. The molecular weight excluding hydrogens is 376 g/mol. The van der Waals surface area contributed by atoms with Crippen molar-refractivity contribution in [2.24, 2.45) is 5.73 Å². The van der Waals surface area contributed by atoms with Gasteiger partial charge in [0.1, 0.15) is 0 Å². The van der Waals surface area contributed by atoms with Gasteiger partial charge in [-0.15, -0.1) is 0 Å². The lowest BCUT2D eigenvalue weighted by molar-refractivity contribution is 0.321. The van der Waals surface area contributed by atoms with Gasteiger partial charge in [0.15, 0.2) is 0 Å². The maximum atomic E-state index is 5.57. The summed E-state index contributed by atoms with van der Waals surface area (Å²) in [7, 11) is 2.23. The van der Waals surface area contributed by atoms with Crippen LogP contribution in [0.1, 0.15) is 161 Å². The van der Waals surface area contributed by atoms with Crippen molar-refractivity contribution in [2.75, 3.05) is 26.7 Å². The Labute approximate surface area is 198 Å². The molecule has 0 saturated carbocycles. The van der Waals surface area contributed by atoms with Gasteiger partial charge in [-0.05, 0) is 39.5 Å². The van der Waals surface area contributed by atoms with Gasteiger partial charge < -0.3 is 10.6 Å². The van der Waals surface area contributed by atoms with Gasteiger partial charge in [0.05, 0.1) is 0 Å². The lowest BCUT2D eigenvalue weighted by Gasteiger charge is -2.15. The van der Waals surface area contributed by atoms with Crippen LogP contribution in [0.15, 0.2) is 0 Å². The van der Waals surface area contributed by atoms with E-state index in [0.29, 0.717) is 0 Å². The van der Waals surface area contributed by atoms with Crippen LogP contribution in [0.25, 0.3) is 0 Å². The molecule has 0 aliphatic carbocycles. The molecule has 0 rings (SSSR count). The van der Waals surface area contributed by atoms with E-state index in [2.05, 4.69) is 18.9 Å². The smallest absolute Gasteiger partial charge is 0.000977 e. The molecule has 0 spiro atoms. The second kappa shape index (κ2) is 28.0. The zero-order valence-electron chi connectivity index (χ0n) is 22.1. The molecule has 0 fully saturated rings. The Hall–Kier alpha value is -0.0800. The Balaban J connectivity index is 3.03. The minimum atomic E-state index is 0.823. The maximum Gasteiger partial charge on any atom is -0.000977 e. The highest BCUT2D eigenvalue weighted by Gasteiger charge is 1.98. The van der Waals surface area contributed by atoms with Crippen LogP contribution in [0.3, 0.4) is 0 Å². The average molecular weight is 439 g/mol. The van der Waals surface area contributed by atoms with Gasteiger partial charge in [0.2, 0.25) is 0 Å². The largest absolute Gasteiger partial charge is 0.330 e. The number of rotatable bonds is 27. The zero-order valence-corrected chi connectivity index (χ0v) is 22.1. The van der Waals surface area contributed by atoms with Crippen molar-refractivity contribution in [3.05, 3.63) is 0 Å². The second-order valence-electron chi connectivity index (χ2n) is 10.2. The van der Waals surface area contributed by atoms with Crippen LogP contribution in [0, 0.1) is 0 Å². The number of hydrogen-bond donors (Lipinski definition) is 1. The van der Waals surface area contributed by atoms with Crippen molar-refractivity contribution < 1.29 is 0 Å². The van der Waals surface area contributed by atoms with Gasteiger partial charge in [-0.1, -0.05) is 148 Å². The highest BCUT2D eigenvalue weighted by Crippen LogP contribution is 2.15. The summed E-state index contributed by atoms with van der Waals surface area (Å²) in [4.78, 5) is 2.43. The van der Waals surface area contributed by atoms with E-state index in [1.54, 1.807) is 0 Å². The molecule has 0 saturated heterocycles. The molecule has 0 amide bonds. The number of hydrogen-bond acceptors (Lipinski definition) is 2. The summed E-state index contributed by atoms with van der Waals surface area (Å²) >= 11 is 0. The highest BCUT2D eigenvalue weighted by molar-refractivity contribution is 4.54. The minimum absolute atomic E-state index is 0.823. The van der Waals surface area contributed by atoms with Crippen LogP contribution in [0.5, 0.6) is 0 Å². The van der Waals surface area contributed by atoms with Gasteiger partial charge in [-0.25, -0.2) is 0 Å². The molecule has 0 aromatic carbocycles. The minimum Gasteiger partial charge on any atom is -0.330 e. The lowest BCUT2D eigenvalue weighted by Crippen LogP contribution is -2.22. The van der Waals surface area contributed by atoms with Gasteiger partial charge in [0.25, 0.3) is 0 Å². The summed E-state index contributed by atoms with van der Waals surface area (Å²) in [6.07, 6.45) is 34.7. The van der Waals surface area contributed by atoms with E-state index in [4.69, 9.17) is 5.73 Å². The van der Waals surface area contributed by atoms with Gasteiger partial charge in [-0.2, -0.15) is 0 Å². The third-order valence-corrected chi connectivity index (χ3v) is 6.89. The Kier molecular flexibility index (Phi) is 27.9. The summed E-state index contributed by atoms with van der Waals surface area (Å²) < 4.78 is 0. The van der Waals surface area contributed by atoms with Crippen molar-refractivity contribution in [3.8, 4) is 0 Å². The predicted octanol–water partition coefficient (Wildman–Crippen LogP) is 9.26. The van der Waals surface area contributed by atoms with Gasteiger partial charge >= 0.3 is 0 Å². The first-order valence-electron chi connectivity index (χ1n) is 14.7. The quantitative estimate of drug-likeness (QED) is 0.129. The topological polar surface area (TPSA) is 29.3 Å². The van der Waals surface area contributed by atoms with E-state index in [1.807, 2.05) is 0 Å². The van der Waals surface area contributed by atoms with Crippen molar-refractivity contribution >= 4 is 0 Å². The van der Waals surface area contributed by atoms with E-state index in [-0.39, 0.29) is 0 Å². The standard InChI is InChI=1S/C29H62N2/c1-3-4-5-6-7-8-9-10-11-12-13-14-15-16-17-18-19-20-21-22-23-24-25-28-31(2)29-26-27-30/h3-30H2,1-2H3. The fraction of sp³-hybridized carbons (Fsp3) is 1.00. The SMILES string of the molecule is CCCCCCCCCCCCCCCCCCCCCCCCCN(C)CCCN. The fourth-order valence-electron chi connectivity index (χ4n) is 4.64. The van der Waals surface area contributed by atoms with Gasteiger partial charge in [-0.3, -0.25) is 0 Å². The Morgan fingerprint density at radius 1 is 0.387 bits per heavy atom. The van der Waals surface area contributed by atoms with E-state index >= 15 is 0 Å². The van der Waals surface area contributed by atoms with Crippen LogP contribution in [-0.2, 0) is 0 Å². The van der Waals surface area contributed by atoms with Gasteiger partial charge in [0, 0.05) is 0 Å². The summed E-state index contributed by atoms with van der Waals surface area (Å²) in [5, 5.41) is 0. The van der Waals surface area contributed by atoms with Crippen LogP contribution >= 0.6 is 0 Å². The molecule has 0 aromatic rings. The lowest BCUT2D eigenvalue weighted by atomic mass is 10.0. The summed E-state index contributed by atoms with van der Waals surface area (Å²) in [6.45, 7) is 5.54. The van der Waals surface area contributed by atoms with Crippen molar-refractivity contribution in [2.45, 2.75) is 161 Å². The summed E-state index contributed by atoms with van der Waals surface area (Å²) in [5.41, 5.74) is 5.57. The van der Waals surface area contributed by atoms with Crippen LogP contribution in [0.2, 0.25) is 0 Å². The molecule has 2 heteroatoms. The molecule has 0 aliphatic rings. The summed E-state index contributed by atoms with van der Waals surface area (Å²) in [5.74, 6) is 0. The first-order valence-corrected chi connectivity index (χ1v) is 14.7. The molecule has 188 valence electrons. The fourth-order valence-corrected chi connectivity index (χ4v) is 4.64. The van der Waals surface area contributed by atoms with Crippen LogP contribution in [0.4, 0.5) is 0 Å². The molecule has 0 radical (unpaired) electrons. The van der Waals surface area contributed by atoms with E-state index in [1.165, 1.54) is 154 Å². The van der Waals surface area contributed by atoms with Crippen molar-refractivity contribution in [1.82, 2.24) is 4.90 Å². The number of nitrogens with zero attached hydrogens (tertiary/aromatic N) is 1. The molecule has 0 bridgehead atoms. The Morgan fingerprint density at radius 3 is 0.935 bits per heavy atom. The molecule has 0 unspecified atom stereocenters. The van der Waals surface area contributed by atoms with E-state index in [9.17, 15) is 0 Å². The van der Waals surface area contributed by atoms with Crippen LogP contribution < -0.4 is 5.73 Å². The zero-order chi connectivity index (χ0) is 22.7. The van der Waals surface area contributed by atoms with Crippen molar-refractivity contribution in [3.63, 3.8) is 0 Å². The first-order chi connectivity index (χ1) is 15.3. The molecule has 0 aromatic heterocycles. The summed E-state index contributed by atoms with van der Waals surface area (Å²) in [6, 6.07) is 0. The molecule has 0 heterocycles. The molecule has 2 N–H and O–H groups in total. The third kappa shape index (κ3) is 27.9. The Bertz CT molecular complexity index is 305. The molecule has 0 atom stereocenters. The second-order valence-corrected chi connectivity index (χ2v) is 10.2. The molecule has 0 aliphatic heterocycles. The normalized spacial score (nSPS) is 11.6. The van der Waals surface area contributed by atoms with E-state index in [0.717, 1.165) is 19.5 Å². The molecular formula is C29H62N2. The highest BCUT2D eigenvalue weighted by atomic mass is 15.1. The first kappa shape index (κ1) is 30.9. The molecule has 2 nitrogen and oxygen atoms in total. The third-order valence-electron chi connectivity index (χ3n) is 6.89. The predicted molar refractivity (Wildman–Crippen MR) is 143 cm³/mol. The van der Waals surface area contributed by atoms with Crippen LogP contribution in [-0.4, -0.2) is 31.6 Å². The average Bonchev–Trinajstić information content (AvgIpc) is 2.78. The van der Waals surface area contributed by atoms with E-state index < -0.39 is 0 Å².